The summed E-state index contributed by atoms with van der Waals surface area (Å²) in [4.78, 5) is 15.3. The lowest BCUT2D eigenvalue weighted by Gasteiger charge is -2.36. The van der Waals surface area contributed by atoms with Gasteiger partial charge in [-0.15, -0.1) is 0 Å². The van der Waals surface area contributed by atoms with Crippen molar-refractivity contribution in [3.63, 3.8) is 0 Å². The van der Waals surface area contributed by atoms with E-state index in [0.29, 0.717) is 13.1 Å². The van der Waals surface area contributed by atoms with Crippen LogP contribution in [0.1, 0.15) is 11.6 Å². The Bertz CT molecular complexity index is 794. The summed E-state index contributed by atoms with van der Waals surface area (Å²) in [6, 6.07) is 1.51. The lowest BCUT2D eigenvalue weighted by molar-refractivity contribution is 0.258. The van der Waals surface area contributed by atoms with Crippen molar-refractivity contribution in [3.05, 3.63) is 34.6 Å². The van der Waals surface area contributed by atoms with Gasteiger partial charge in [0.15, 0.2) is 5.03 Å². The molecule has 1 saturated heterocycles. The summed E-state index contributed by atoms with van der Waals surface area (Å²) in [5.74, 6) is 0.0300. The van der Waals surface area contributed by atoms with Crippen LogP contribution < -0.4 is 5.56 Å². The van der Waals surface area contributed by atoms with Crippen molar-refractivity contribution < 1.29 is 8.42 Å². The minimum atomic E-state index is -3.52. The maximum atomic E-state index is 12.2. The van der Waals surface area contributed by atoms with Crippen molar-refractivity contribution in [1.82, 2.24) is 23.6 Å². The SMILES string of the molecule is Cn1cnc(S(=O)(=O)N2CC(c3cc(=O)n(C)[nH]3)C2)c1. The predicted molar refractivity (Wildman–Crippen MR) is 70.7 cm³/mol. The predicted octanol–water partition coefficient (Wildman–Crippen LogP) is -0.765. The van der Waals surface area contributed by atoms with Gasteiger partial charge in [-0.25, -0.2) is 13.4 Å². The summed E-state index contributed by atoms with van der Waals surface area (Å²) in [7, 11) is -0.169. The number of imidazole rings is 1. The smallest absolute Gasteiger partial charge is 0.266 e. The molecular formula is C11H15N5O3S. The number of hydrogen-bond acceptors (Lipinski definition) is 4. The maximum absolute atomic E-state index is 12.2. The number of aromatic nitrogens is 4. The fourth-order valence-electron chi connectivity index (χ4n) is 2.21. The van der Waals surface area contributed by atoms with Gasteiger partial charge in [-0.05, 0) is 0 Å². The Morgan fingerprint density at radius 1 is 1.35 bits per heavy atom. The van der Waals surface area contributed by atoms with Gasteiger partial charge < -0.3 is 4.57 Å². The van der Waals surface area contributed by atoms with E-state index in [0.717, 1.165) is 5.69 Å². The van der Waals surface area contributed by atoms with Gasteiger partial charge in [-0.1, -0.05) is 0 Å². The molecule has 0 saturated carbocycles. The van der Waals surface area contributed by atoms with Crippen LogP contribution in [0.5, 0.6) is 0 Å². The molecule has 3 rings (SSSR count). The van der Waals surface area contributed by atoms with Crippen LogP contribution in [0.4, 0.5) is 0 Å². The van der Waals surface area contributed by atoms with E-state index in [9.17, 15) is 13.2 Å². The van der Waals surface area contributed by atoms with Gasteiger partial charge in [-0.2, -0.15) is 4.31 Å². The van der Waals surface area contributed by atoms with Gasteiger partial charge >= 0.3 is 0 Å². The van der Waals surface area contributed by atoms with Crippen LogP contribution in [0, 0.1) is 0 Å². The van der Waals surface area contributed by atoms with E-state index < -0.39 is 10.0 Å². The number of H-pyrrole nitrogens is 1. The van der Waals surface area contributed by atoms with Crippen molar-refractivity contribution in [3.8, 4) is 0 Å². The van der Waals surface area contributed by atoms with Crippen LogP contribution in [0.15, 0.2) is 28.4 Å². The van der Waals surface area contributed by atoms with E-state index in [1.54, 1.807) is 18.7 Å². The molecule has 108 valence electrons. The molecule has 1 aliphatic heterocycles. The largest absolute Gasteiger partial charge is 0.339 e. The summed E-state index contributed by atoms with van der Waals surface area (Å²) >= 11 is 0. The van der Waals surface area contributed by atoms with Crippen molar-refractivity contribution in [2.45, 2.75) is 10.9 Å². The first-order valence-corrected chi connectivity index (χ1v) is 7.56. The minimum absolute atomic E-state index is 0.0300. The third-order valence-electron chi connectivity index (χ3n) is 3.48. The van der Waals surface area contributed by atoms with Crippen molar-refractivity contribution in [1.29, 1.82) is 0 Å². The zero-order chi connectivity index (χ0) is 14.5. The number of nitrogens with one attached hydrogen (secondary N) is 1. The van der Waals surface area contributed by atoms with Crippen LogP contribution >= 0.6 is 0 Å². The average Bonchev–Trinajstić information content (AvgIpc) is 2.85. The molecule has 0 radical (unpaired) electrons. The van der Waals surface area contributed by atoms with Crippen molar-refractivity contribution in [2.75, 3.05) is 13.1 Å². The van der Waals surface area contributed by atoms with Crippen LogP contribution in [-0.4, -0.2) is 45.1 Å². The van der Waals surface area contributed by atoms with Gasteiger partial charge in [0.25, 0.3) is 15.6 Å². The number of nitrogens with zero attached hydrogens (tertiary/aromatic N) is 4. The summed E-state index contributed by atoms with van der Waals surface area (Å²) in [6.07, 6.45) is 2.94. The van der Waals surface area contributed by atoms with Gasteiger partial charge in [0.1, 0.15) is 0 Å². The topological polar surface area (TPSA) is 93.0 Å². The zero-order valence-electron chi connectivity index (χ0n) is 11.1. The molecule has 20 heavy (non-hydrogen) atoms. The van der Waals surface area contributed by atoms with Gasteiger partial charge in [0.2, 0.25) is 0 Å². The Morgan fingerprint density at radius 3 is 2.55 bits per heavy atom. The number of rotatable bonds is 3. The molecule has 1 N–H and O–H groups in total. The Labute approximate surface area is 115 Å². The molecule has 1 aliphatic rings. The molecule has 3 heterocycles. The summed E-state index contributed by atoms with van der Waals surface area (Å²) in [5.41, 5.74) is 0.649. The second-order valence-corrected chi connectivity index (χ2v) is 6.89. The van der Waals surface area contributed by atoms with Crippen molar-refractivity contribution >= 4 is 10.0 Å². The quantitative estimate of drug-likeness (QED) is 0.805. The van der Waals surface area contributed by atoms with E-state index in [1.807, 2.05) is 0 Å². The lowest BCUT2D eigenvalue weighted by atomic mass is 10.00. The van der Waals surface area contributed by atoms with Gasteiger partial charge in [-0.3, -0.25) is 14.6 Å². The van der Waals surface area contributed by atoms with Crippen LogP contribution in [0.3, 0.4) is 0 Å². The average molecular weight is 297 g/mol. The maximum Gasteiger partial charge on any atom is 0.266 e. The first-order chi connectivity index (χ1) is 9.38. The van der Waals surface area contributed by atoms with Gasteiger partial charge in [0.05, 0.1) is 6.33 Å². The van der Waals surface area contributed by atoms with E-state index in [4.69, 9.17) is 0 Å². The highest BCUT2D eigenvalue weighted by Gasteiger charge is 2.39. The summed E-state index contributed by atoms with van der Waals surface area (Å²) in [5, 5.41) is 2.98. The molecule has 0 spiro atoms. The lowest BCUT2D eigenvalue weighted by Crippen LogP contribution is -2.48. The molecule has 8 nitrogen and oxygen atoms in total. The molecular weight excluding hydrogens is 282 g/mol. The van der Waals surface area contributed by atoms with E-state index in [2.05, 4.69) is 10.1 Å². The first-order valence-electron chi connectivity index (χ1n) is 6.12. The Morgan fingerprint density at radius 2 is 2.05 bits per heavy atom. The highest BCUT2D eigenvalue weighted by Crippen LogP contribution is 2.29. The minimum Gasteiger partial charge on any atom is -0.339 e. The van der Waals surface area contributed by atoms with E-state index in [-0.39, 0.29) is 16.5 Å². The third kappa shape index (κ3) is 1.98. The Balaban J connectivity index is 1.75. The standard InChI is InChI=1S/C11H15N5O3S/c1-14-6-10(12-7-14)20(18,19)16-4-8(5-16)9-3-11(17)15(2)13-9/h3,6-8,13H,4-5H2,1-2H3. The highest BCUT2D eigenvalue weighted by molar-refractivity contribution is 7.89. The molecule has 0 amide bonds. The number of aryl methyl sites for hydroxylation is 2. The van der Waals surface area contributed by atoms with Crippen molar-refractivity contribution in [2.24, 2.45) is 14.1 Å². The second-order valence-electron chi connectivity index (χ2n) is 5.01. The van der Waals surface area contributed by atoms with E-state index >= 15 is 0 Å². The molecule has 0 atom stereocenters. The molecule has 2 aromatic heterocycles. The Kier molecular flexibility index (Phi) is 2.83. The zero-order valence-corrected chi connectivity index (χ0v) is 12.0. The molecule has 2 aromatic rings. The molecule has 0 aromatic carbocycles. The summed E-state index contributed by atoms with van der Waals surface area (Å²) in [6.45, 7) is 0.720. The fraction of sp³-hybridized carbons (Fsp3) is 0.455. The normalized spacial score (nSPS) is 17.3. The molecule has 1 fully saturated rings. The van der Waals surface area contributed by atoms with Crippen LogP contribution in [0.25, 0.3) is 0 Å². The van der Waals surface area contributed by atoms with Crippen LogP contribution in [-0.2, 0) is 24.1 Å². The second kappa shape index (κ2) is 4.32. The monoisotopic (exact) mass is 297 g/mol. The van der Waals surface area contributed by atoms with Gasteiger partial charge in [0, 0.05) is 51.1 Å². The molecule has 0 unspecified atom stereocenters. The fourth-order valence-corrected chi connectivity index (χ4v) is 3.70. The molecule has 0 bridgehead atoms. The first kappa shape index (κ1) is 13.1. The highest BCUT2D eigenvalue weighted by atomic mass is 32.2. The summed E-state index contributed by atoms with van der Waals surface area (Å²) < 4.78 is 28.8. The van der Waals surface area contributed by atoms with Crippen LogP contribution in [0.2, 0.25) is 0 Å². The number of aromatic amines is 1. The molecule has 9 heteroatoms. The number of hydrogen-bond donors (Lipinski definition) is 1. The third-order valence-corrected chi connectivity index (χ3v) is 5.20. The molecule has 0 aliphatic carbocycles. The Hall–Kier alpha value is -1.87. The number of sulfonamides is 1. The van der Waals surface area contributed by atoms with E-state index in [1.165, 1.54) is 27.6 Å².